The maximum atomic E-state index is 12.7. The molecule has 4 heterocycles. The number of hydrazone groups is 1. The predicted molar refractivity (Wildman–Crippen MR) is 127 cm³/mol. The number of fused-ring (bicyclic) bond motifs is 1. The molecular formula is C23H22N8O3. The highest BCUT2D eigenvalue weighted by Gasteiger charge is 2.24. The van der Waals surface area contributed by atoms with Crippen LogP contribution in [0, 0.1) is 6.92 Å². The van der Waals surface area contributed by atoms with E-state index in [1.54, 1.807) is 30.7 Å². The van der Waals surface area contributed by atoms with E-state index in [1.807, 2.05) is 36.1 Å². The maximum Gasteiger partial charge on any atom is 0.311 e. The van der Waals surface area contributed by atoms with E-state index in [0.29, 0.717) is 43.4 Å². The number of ether oxygens (including phenoxy) is 1. The molecule has 4 aromatic rings. The molecule has 0 aliphatic carbocycles. The molecule has 0 spiro atoms. The van der Waals surface area contributed by atoms with Crippen LogP contribution in [0.2, 0.25) is 0 Å². The monoisotopic (exact) mass is 458 g/mol. The number of amides is 1. The molecular weight excluding hydrogens is 436 g/mol. The zero-order chi connectivity index (χ0) is 23.3. The third-order valence-electron chi connectivity index (χ3n) is 5.10. The second-order valence-electron chi connectivity index (χ2n) is 7.62. The Morgan fingerprint density at radius 2 is 1.94 bits per heavy atom. The smallest absolute Gasteiger partial charge is 0.311 e. The van der Waals surface area contributed by atoms with Gasteiger partial charge in [0.1, 0.15) is 0 Å². The molecule has 2 N–H and O–H groups in total. The van der Waals surface area contributed by atoms with Crippen molar-refractivity contribution in [1.82, 2.24) is 19.9 Å². The molecule has 34 heavy (non-hydrogen) atoms. The fourth-order valence-corrected chi connectivity index (χ4v) is 3.48. The standard InChI is InChI=1S/C23H22N8O3/c1-15-3-2-4-16(13-15)14-25-30-23-28-19-18(20(29-23)31-9-11-33-12-10-31)34-22(27-19)21(32)26-17-5-7-24-8-6-17/h2-8,13-14H,9-12H2,1H3,(H,24,26,32)(H,28,29,30)/b25-14+. The Hall–Kier alpha value is -4.38. The van der Waals surface area contributed by atoms with Gasteiger partial charge in [0.15, 0.2) is 5.82 Å². The normalized spacial score (nSPS) is 14.0. The second-order valence-corrected chi connectivity index (χ2v) is 7.62. The first kappa shape index (κ1) is 21.5. The molecule has 0 bridgehead atoms. The Bertz CT molecular complexity index is 1330. The van der Waals surface area contributed by atoms with Gasteiger partial charge in [-0.2, -0.15) is 20.1 Å². The van der Waals surface area contributed by atoms with Crippen molar-refractivity contribution >= 4 is 40.8 Å². The molecule has 172 valence electrons. The van der Waals surface area contributed by atoms with Gasteiger partial charge in [0.05, 0.1) is 19.4 Å². The number of hydrogen-bond acceptors (Lipinski definition) is 10. The van der Waals surface area contributed by atoms with Crippen LogP contribution in [0.3, 0.4) is 0 Å². The van der Waals surface area contributed by atoms with Crippen molar-refractivity contribution in [2.24, 2.45) is 5.10 Å². The van der Waals surface area contributed by atoms with Crippen LogP contribution in [0.5, 0.6) is 0 Å². The van der Waals surface area contributed by atoms with E-state index >= 15 is 0 Å². The number of carbonyl (C=O) groups excluding carboxylic acids is 1. The van der Waals surface area contributed by atoms with Crippen LogP contribution in [0.4, 0.5) is 17.5 Å². The third kappa shape index (κ3) is 4.84. The van der Waals surface area contributed by atoms with Crippen LogP contribution in [0.1, 0.15) is 21.8 Å². The van der Waals surface area contributed by atoms with Crippen LogP contribution in [-0.2, 0) is 4.74 Å². The summed E-state index contributed by atoms with van der Waals surface area (Å²) < 4.78 is 11.3. The summed E-state index contributed by atoms with van der Waals surface area (Å²) in [6.45, 7) is 4.38. The summed E-state index contributed by atoms with van der Waals surface area (Å²) in [5, 5.41) is 6.99. The summed E-state index contributed by atoms with van der Waals surface area (Å²) in [6, 6.07) is 11.3. The van der Waals surface area contributed by atoms with Gasteiger partial charge in [0.2, 0.25) is 17.2 Å². The van der Waals surface area contributed by atoms with Gasteiger partial charge >= 0.3 is 5.91 Å². The van der Waals surface area contributed by atoms with Crippen molar-refractivity contribution in [3.63, 3.8) is 0 Å². The summed E-state index contributed by atoms with van der Waals surface area (Å²) in [6.07, 6.45) is 4.85. The summed E-state index contributed by atoms with van der Waals surface area (Å²) in [5.74, 6) is 0.157. The predicted octanol–water partition coefficient (Wildman–Crippen LogP) is 2.86. The van der Waals surface area contributed by atoms with Gasteiger partial charge in [0.25, 0.3) is 5.89 Å². The number of oxazole rings is 1. The summed E-state index contributed by atoms with van der Waals surface area (Å²) in [5.41, 5.74) is 6.10. The third-order valence-corrected chi connectivity index (χ3v) is 5.10. The number of aromatic nitrogens is 4. The Morgan fingerprint density at radius 1 is 1.12 bits per heavy atom. The van der Waals surface area contributed by atoms with Gasteiger partial charge in [-0.25, -0.2) is 5.43 Å². The fraction of sp³-hybridized carbons (Fsp3) is 0.217. The first-order valence-corrected chi connectivity index (χ1v) is 10.7. The molecule has 3 aromatic heterocycles. The van der Waals surface area contributed by atoms with Crippen LogP contribution in [0.15, 0.2) is 58.3 Å². The summed E-state index contributed by atoms with van der Waals surface area (Å²) in [4.78, 5) is 32.0. The number of benzene rings is 1. The number of carbonyl (C=O) groups is 1. The number of rotatable bonds is 6. The summed E-state index contributed by atoms with van der Waals surface area (Å²) >= 11 is 0. The van der Waals surface area contributed by atoms with Gasteiger partial charge in [-0.3, -0.25) is 9.78 Å². The SMILES string of the molecule is Cc1cccc(/C=N/Nc2nc(N3CCOCC3)c3oc(C(=O)Nc4ccncc4)nc3n2)c1. The van der Waals surface area contributed by atoms with E-state index in [0.717, 1.165) is 11.1 Å². The molecule has 0 unspecified atom stereocenters. The number of hydrogen-bond donors (Lipinski definition) is 2. The molecule has 1 amide bonds. The zero-order valence-electron chi connectivity index (χ0n) is 18.4. The van der Waals surface area contributed by atoms with Gasteiger partial charge < -0.3 is 19.4 Å². The topological polar surface area (TPSA) is 131 Å². The average Bonchev–Trinajstić information content (AvgIpc) is 3.29. The molecule has 5 rings (SSSR count). The highest BCUT2D eigenvalue weighted by atomic mass is 16.5. The van der Waals surface area contributed by atoms with Crippen LogP contribution in [0.25, 0.3) is 11.2 Å². The van der Waals surface area contributed by atoms with Gasteiger partial charge in [-0.05, 0) is 24.6 Å². The van der Waals surface area contributed by atoms with E-state index < -0.39 is 5.91 Å². The fourth-order valence-electron chi connectivity index (χ4n) is 3.48. The Kier molecular flexibility index (Phi) is 6.08. The minimum atomic E-state index is -0.496. The molecule has 1 aromatic carbocycles. The van der Waals surface area contributed by atoms with E-state index in [4.69, 9.17) is 9.15 Å². The largest absolute Gasteiger partial charge is 0.427 e. The first-order valence-electron chi connectivity index (χ1n) is 10.7. The minimum Gasteiger partial charge on any atom is -0.427 e. The minimum absolute atomic E-state index is 0.115. The van der Waals surface area contributed by atoms with Gasteiger partial charge in [0, 0.05) is 31.2 Å². The number of pyridine rings is 1. The highest BCUT2D eigenvalue weighted by Crippen LogP contribution is 2.27. The number of nitrogens with one attached hydrogen (secondary N) is 2. The lowest BCUT2D eigenvalue weighted by Crippen LogP contribution is -2.37. The van der Waals surface area contributed by atoms with Crippen molar-refractivity contribution < 1.29 is 13.9 Å². The van der Waals surface area contributed by atoms with Crippen molar-refractivity contribution in [3.05, 3.63) is 65.8 Å². The molecule has 11 nitrogen and oxygen atoms in total. The number of nitrogens with zero attached hydrogens (tertiary/aromatic N) is 6. The van der Waals surface area contributed by atoms with Crippen LogP contribution < -0.4 is 15.6 Å². The molecule has 0 radical (unpaired) electrons. The molecule has 0 saturated carbocycles. The van der Waals surface area contributed by atoms with Crippen molar-refractivity contribution in [2.45, 2.75) is 6.92 Å². The Morgan fingerprint density at radius 3 is 2.74 bits per heavy atom. The second kappa shape index (κ2) is 9.63. The Balaban J connectivity index is 1.45. The van der Waals surface area contributed by atoms with E-state index in [2.05, 4.69) is 35.8 Å². The highest BCUT2D eigenvalue weighted by molar-refractivity contribution is 6.02. The maximum absolute atomic E-state index is 12.7. The van der Waals surface area contributed by atoms with E-state index in [-0.39, 0.29) is 17.5 Å². The molecule has 1 aliphatic heterocycles. The van der Waals surface area contributed by atoms with Gasteiger partial charge in [-0.15, -0.1) is 0 Å². The molecule has 0 atom stereocenters. The van der Waals surface area contributed by atoms with Crippen LogP contribution in [-0.4, -0.2) is 58.4 Å². The van der Waals surface area contributed by atoms with Crippen molar-refractivity contribution in [1.29, 1.82) is 0 Å². The van der Waals surface area contributed by atoms with Gasteiger partial charge in [-0.1, -0.05) is 29.8 Å². The molecule has 11 heteroatoms. The molecule has 1 fully saturated rings. The zero-order valence-corrected chi connectivity index (χ0v) is 18.4. The lowest BCUT2D eigenvalue weighted by molar-refractivity contribution is 0.0992. The number of anilines is 3. The molecule has 1 saturated heterocycles. The van der Waals surface area contributed by atoms with Crippen molar-refractivity contribution in [3.8, 4) is 0 Å². The van der Waals surface area contributed by atoms with Crippen molar-refractivity contribution in [2.75, 3.05) is 41.9 Å². The first-order chi connectivity index (χ1) is 16.7. The number of aryl methyl sites for hydroxylation is 1. The lowest BCUT2D eigenvalue weighted by Gasteiger charge is -2.27. The summed E-state index contributed by atoms with van der Waals surface area (Å²) in [7, 11) is 0. The molecule has 1 aliphatic rings. The average molecular weight is 458 g/mol. The van der Waals surface area contributed by atoms with E-state index in [9.17, 15) is 4.79 Å². The Labute approximate surface area is 194 Å². The van der Waals surface area contributed by atoms with Crippen LogP contribution >= 0.6 is 0 Å². The number of morpholine rings is 1. The lowest BCUT2D eigenvalue weighted by atomic mass is 10.2. The van der Waals surface area contributed by atoms with E-state index in [1.165, 1.54) is 0 Å². The quantitative estimate of drug-likeness (QED) is 0.331.